The number of aromatic nitrogens is 1. The summed E-state index contributed by atoms with van der Waals surface area (Å²) in [5, 5.41) is 0. The first-order valence-electron chi connectivity index (χ1n) is 3.98. The molecule has 0 spiro atoms. The van der Waals surface area contributed by atoms with Crippen molar-refractivity contribution in [1.29, 1.82) is 0 Å². The molecule has 0 aliphatic carbocycles. The van der Waals surface area contributed by atoms with Crippen LogP contribution in [-0.2, 0) is 14.3 Å². The molecule has 0 saturated carbocycles. The molecule has 1 heterocycles. The van der Waals surface area contributed by atoms with Gasteiger partial charge in [0.05, 0.1) is 24.2 Å². The van der Waals surface area contributed by atoms with Crippen molar-refractivity contribution < 1.29 is 21.4 Å². The van der Waals surface area contributed by atoms with E-state index in [4.69, 9.17) is 0 Å². The first-order valence-corrected chi connectivity index (χ1v) is 5.80. The minimum atomic E-state index is -3.76. The summed E-state index contributed by atoms with van der Waals surface area (Å²) < 4.78 is 52.2. The molecule has 1 aromatic rings. The molecule has 0 fully saturated rings. The summed E-state index contributed by atoms with van der Waals surface area (Å²) in [6.45, 7) is 1.24. The van der Waals surface area contributed by atoms with Gasteiger partial charge in [-0.25, -0.2) is 8.78 Å². The summed E-state index contributed by atoms with van der Waals surface area (Å²) >= 11 is 0. The zero-order valence-corrected chi connectivity index (χ0v) is 8.88. The molecule has 7 heteroatoms. The molecule has 0 aliphatic rings. The highest BCUT2D eigenvalue weighted by molar-refractivity contribution is 7.86. The molecule has 0 saturated heterocycles. The number of hydrogen-bond acceptors (Lipinski definition) is 4. The van der Waals surface area contributed by atoms with Gasteiger partial charge in [-0.05, 0) is 6.92 Å². The van der Waals surface area contributed by atoms with Crippen molar-refractivity contribution in [2.45, 2.75) is 13.0 Å². The zero-order valence-electron chi connectivity index (χ0n) is 8.07. The van der Waals surface area contributed by atoms with Crippen LogP contribution in [0.25, 0.3) is 0 Å². The summed E-state index contributed by atoms with van der Waals surface area (Å²) in [4.78, 5) is 3.27. The summed E-state index contributed by atoms with van der Waals surface area (Å²) in [6, 6.07) is 0. The van der Waals surface area contributed by atoms with Crippen molar-refractivity contribution in [1.82, 2.24) is 4.98 Å². The maximum Gasteiger partial charge on any atom is 0.264 e. The molecule has 1 aromatic heterocycles. The largest absolute Gasteiger partial charge is 0.264 e. The predicted octanol–water partition coefficient (Wildman–Crippen LogP) is 1.40. The van der Waals surface area contributed by atoms with Crippen molar-refractivity contribution in [2.24, 2.45) is 0 Å². The molecular formula is C8H9F2NO3S. The molecule has 1 rings (SSSR count). The summed E-state index contributed by atoms with van der Waals surface area (Å²) in [7, 11) is -3.76. The Hall–Kier alpha value is -1.08. The van der Waals surface area contributed by atoms with Crippen LogP contribution in [0.2, 0.25) is 0 Å². The highest BCUT2D eigenvalue weighted by Gasteiger charge is 2.20. The van der Waals surface area contributed by atoms with E-state index in [1.54, 1.807) is 0 Å². The molecule has 0 N–H and O–H groups in total. The number of pyridine rings is 1. The van der Waals surface area contributed by atoms with E-state index in [0.29, 0.717) is 0 Å². The predicted molar refractivity (Wildman–Crippen MR) is 48.5 cm³/mol. The van der Waals surface area contributed by atoms with E-state index in [9.17, 15) is 17.2 Å². The lowest BCUT2D eigenvalue weighted by Gasteiger charge is -2.12. The smallest absolute Gasteiger partial charge is 0.262 e. The Bertz CT molecular complexity index is 441. The van der Waals surface area contributed by atoms with Gasteiger partial charge in [0.15, 0.2) is 0 Å². The quantitative estimate of drug-likeness (QED) is 0.745. The molecule has 0 amide bonds. The molecule has 1 atom stereocenters. The van der Waals surface area contributed by atoms with Crippen molar-refractivity contribution in [2.75, 3.05) is 6.26 Å². The van der Waals surface area contributed by atoms with Crippen LogP contribution in [0.4, 0.5) is 8.78 Å². The Morgan fingerprint density at radius 1 is 1.33 bits per heavy atom. The van der Waals surface area contributed by atoms with Crippen LogP contribution < -0.4 is 0 Å². The third-order valence-corrected chi connectivity index (χ3v) is 2.25. The zero-order chi connectivity index (χ0) is 11.6. The topological polar surface area (TPSA) is 56.3 Å². The first-order chi connectivity index (χ1) is 6.81. The van der Waals surface area contributed by atoms with Crippen LogP contribution in [-0.4, -0.2) is 19.7 Å². The van der Waals surface area contributed by atoms with E-state index in [1.807, 2.05) is 0 Å². The second kappa shape index (κ2) is 4.19. The summed E-state index contributed by atoms with van der Waals surface area (Å²) in [6.07, 6.45) is 1.17. The van der Waals surface area contributed by atoms with E-state index in [0.717, 1.165) is 18.6 Å². The molecule has 4 nitrogen and oxygen atoms in total. The fourth-order valence-corrected chi connectivity index (χ4v) is 1.74. The minimum Gasteiger partial charge on any atom is -0.262 e. The number of nitrogens with zero attached hydrogens (tertiary/aromatic N) is 1. The Kier molecular flexibility index (Phi) is 3.35. The van der Waals surface area contributed by atoms with Gasteiger partial charge in [0.25, 0.3) is 10.1 Å². The van der Waals surface area contributed by atoms with Crippen molar-refractivity contribution in [3.05, 3.63) is 29.6 Å². The van der Waals surface area contributed by atoms with Crippen molar-refractivity contribution >= 4 is 10.1 Å². The van der Waals surface area contributed by atoms with Gasteiger partial charge < -0.3 is 0 Å². The van der Waals surface area contributed by atoms with Gasteiger partial charge in [0.2, 0.25) is 0 Å². The lowest BCUT2D eigenvalue weighted by Crippen LogP contribution is -2.11. The van der Waals surface area contributed by atoms with Crippen LogP contribution in [0.5, 0.6) is 0 Å². The maximum absolute atomic E-state index is 13.1. The summed E-state index contributed by atoms with van der Waals surface area (Å²) in [5.41, 5.74) is -0.449. The minimum absolute atomic E-state index is 0.449. The molecule has 0 aromatic carbocycles. The Balaban J connectivity index is 3.06. The molecule has 15 heavy (non-hydrogen) atoms. The van der Waals surface area contributed by atoms with Crippen LogP contribution in [0, 0.1) is 11.6 Å². The molecular weight excluding hydrogens is 228 g/mol. The van der Waals surface area contributed by atoms with Gasteiger partial charge in [0.1, 0.15) is 17.7 Å². The van der Waals surface area contributed by atoms with Crippen LogP contribution in [0.3, 0.4) is 0 Å². The molecule has 0 bridgehead atoms. The molecule has 0 unspecified atom stereocenters. The van der Waals surface area contributed by atoms with E-state index < -0.39 is 33.4 Å². The van der Waals surface area contributed by atoms with E-state index in [-0.39, 0.29) is 0 Å². The highest BCUT2D eigenvalue weighted by Crippen LogP contribution is 2.23. The van der Waals surface area contributed by atoms with Gasteiger partial charge in [-0.2, -0.15) is 8.42 Å². The third-order valence-electron chi connectivity index (χ3n) is 1.62. The monoisotopic (exact) mass is 237 g/mol. The van der Waals surface area contributed by atoms with E-state index in [1.165, 1.54) is 6.92 Å². The fourth-order valence-electron chi connectivity index (χ4n) is 1.12. The SMILES string of the molecule is C[C@H](OS(C)(=O)=O)c1c(F)cncc1F. The third kappa shape index (κ3) is 3.21. The average Bonchev–Trinajstić information content (AvgIpc) is 1.99. The lowest BCUT2D eigenvalue weighted by molar-refractivity contribution is 0.225. The second-order valence-corrected chi connectivity index (χ2v) is 4.56. The van der Waals surface area contributed by atoms with Crippen LogP contribution in [0.1, 0.15) is 18.6 Å². The van der Waals surface area contributed by atoms with Gasteiger partial charge in [-0.3, -0.25) is 9.17 Å². The van der Waals surface area contributed by atoms with Crippen LogP contribution in [0.15, 0.2) is 12.4 Å². The standard InChI is InChI=1S/C8H9F2NO3S/c1-5(14-15(2,12)13)8-6(9)3-11-4-7(8)10/h3-5H,1-2H3/t5-/m0/s1. The van der Waals surface area contributed by atoms with Gasteiger partial charge >= 0.3 is 0 Å². The number of hydrogen-bond donors (Lipinski definition) is 0. The average molecular weight is 237 g/mol. The van der Waals surface area contributed by atoms with Gasteiger partial charge in [-0.15, -0.1) is 0 Å². The maximum atomic E-state index is 13.1. The molecule has 84 valence electrons. The number of rotatable bonds is 3. The summed E-state index contributed by atoms with van der Waals surface area (Å²) in [5.74, 6) is -1.88. The van der Waals surface area contributed by atoms with Gasteiger partial charge in [0, 0.05) is 0 Å². The van der Waals surface area contributed by atoms with Crippen molar-refractivity contribution in [3.8, 4) is 0 Å². The van der Waals surface area contributed by atoms with Crippen LogP contribution >= 0.6 is 0 Å². The Morgan fingerprint density at radius 2 is 1.80 bits per heavy atom. The fraction of sp³-hybridized carbons (Fsp3) is 0.375. The Morgan fingerprint density at radius 3 is 2.20 bits per heavy atom. The first kappa shape index (κ1) is 12.0. The Labute approximate surface area is 86.0 Å². The van der Waals surface area contributed by atoms with Gasteiger partial charge in [-0.1, -0.05) is 0 Å². The van der Waals surface area contributed by atoms with Crippen molar-refractivity contribution in [3.63, 3.8) is 0 Å². The number of halogens is 2. The second-order valence-electron chi connectivity index (χ2n) is 2.96. The molecule has 0 aliphatic heterocycles. The lowest BCUT2D eigenvalue weighted by atomic mass is 10.1. The normalized spacial score (nSPS) is 13.9. The molecule has 0 radical (unpaired) electrons. The highest BCUT2D eigenvalue weighted by atomic mass is 32.2. The van der Waals surface area contributed by atoms with E-state index in [2.05, 4.69) is 9.17 Å². The van der Waals surface area contributed by atoms with E-state index >= 15 is 0 Å².